The van der Waals surface area contributed by atoms with E-state index in [0.717, 1.165) is 18.9 Å². The molecule has 1 N–H and O–H groups in total. The minimum absolute atomic E-state index is 0.660. The van der Waals surface area contributed by atoms with Gasteiger partial charge in [-0.3, -0.25) is 4.57 Å². The molecule has 0 aliphatic heterocycles. The lowest BCUT2D eigenvalue weighted by Gasteiger charge is -2.15. The summed E-state index contributed by atoms with van der Waals surface area (Å²) in [4.78, 5) is 2.08. The second-order valence-electron chi connectivity index (χ2n) is 2.81. The van der Waals surface area contributed by atoms with Gasteiger partial charge in [-0.25, -0.2) is 5.10 Å². The molecule has 68 valence electrons. The predicted octanol–water partition coefficient (Wildman–Crippen LogP) is 1.32. The van der Waals surface area contributed by atoms with Crippen molar-refractivity contribution < 1.29 is 0 Å². The van der Waals surface area contributed by atoms with E-state index in [1.807, 2.05) is 18.7 Å². The number of aromatic nitrogens is 3. The van der Waals surface area contributed by atoms with Crippen LogP contribution in [0.25, 0.3) is 0 Å². The molecule has 0 unspecified atom stereocenters. The molecule has 1 aromatic rings. The topological polar surface area (TPSA) is 36.9 Å². The summed E-state index contributed by atoms with van der Waals surface area (Å²) in [5, 5.41) is 6.86. The van der Waals surface area contributed by atoms with Crippen LogP contribution in [0.15, 0.2) is 0 Å². The van der Waals surface area contributed by atoms with Gasteiger partial charge in [-0.05, 0) is 18.6 Å². The van der Waals surface area contributed by atoms with Gasteiger partial charge in [0.15, 0.2) is 4.77 Å². The molecular formula is C7H14N4S. The normalized spacial score (nSPS) is 10.2. The fourth-order valence-electron chi connectivity index (χ4n) is 1.12. The maximum Gasteiger partial charge on any atom is 0.225 e. The number of nitrogens with one attached hydrogen (secondary N) is 1. The molecule has 0 spiro atoms. The average Bonchev–Trinajstić information content (AvgIpc) is 2.34. The van der Waals surface area contributed by atoms with E-state index in [1.54, 1.807) is 0 Å². The molecule has 12 heavy (non-hydrogen) atoms. The van der Waals surface area contributed by atoms with E-state index in [2.05, 4.69) is 22.0 Å². The Morgan fingerprint density at radius 1 is 1.67 bits per heavy atom. The summed E-state index contributed by atoms with van der Waals surface area (Å²) in [6, 6.07) is 0. The molecule has 0 aromatic carbocycles. The van der Waals surface area contributed by atoms with Gasteiger partial charge in [0.05, 0.1) is 0 Å². The quantitative estimate of drug-likeness (QED) is 0.723. The monoisotopic (exact) mass is 186 g/mol. The highest BCUT2D eigenvalue weighted by Gasteiger charge is 2.05. The summed E-state index contributed by atoms with van der Waals surface area (Å²) >= 11 is 5.00. The maximum absolute atomic E-state index is 5.00. The van der Waals surface area contributed by atoms with Crippen molar-refractivity contribution in [2.24, 2.45) is 7.05 Å². The molecule has 0 bridgehead atoms. The van der Waals surface area contributed by atoms with Crippen molar-refractivity contribution in [1.82, 2.24) is 14.8 Å². The van der Waals surface area contributed by atoms with Crippen LogP contribution in [-0.4, -0.2) is 28.4 Å². The van der Waals surface area contributed by atoms with E-state index < -0.39 is 0 Å². The number of hydrogen-bond acceptors (Lipinski definition) is 3. The lowest BCUT2D eigenvalue weighted by Crippen LogP contribution is -2.21. The first-order chi connectivity index (χ1) is 5.66. The Labute approximate surface area is 77.2 Å². The van der Waals surface area contributed by atoms with Gasteiger partial charge in [0.2, 0.25) is 5.95 Å². The van der Waals surface area contributed by atoms with E-state index in [4.69, 9.17) is 12.2 Å². The fourth-order valence-corrected chi connectivity index (χ4v) is 1.24. The molecule has 0 amide bonds. The van der Waals surface area contributed by atoms with Crippen molar-refractivity contribution in [3.63, 3.8) is 0 Å². The number of hydrogen-bond donors (Lipinski definition) is 1. The van der Waals surface area contributed by atoms with Gasteiger partial charge in [0.25, 0.3) is 0 Å². The highest BCUT2D eigenvalue weighted by atomic mass is 32.1. The van der Waals surface area contributed by atoms with E-state index in [1.165, 1.54) is 0 Å². The van der Waals surface area contributed by atoms with Crippen molar-refractivity contribution in [1.29, 1.82) is 0 Å². The van der Waals surface area contributed by atoms with Crippen molar-refractivity contribution in [3.05, 3.63) is 4.77 Å². The fraction of sp³-hybridized carbons (Fsp3) is 0.714. The molecule has 0 atom stereocenters. The average molecular weight is 186 g/mol. The van der Waals surface area contributed by atoms with Crippen LogP contribution in [0.1, 0.15) is 13.3 Å². The molecular weight excluding hydrogens is 172 g/mol. The Kier molecular flexibility index (Phi) is 2.86. The lowest BCUT2D eigenvalue weighted by molar-refractivity contribution is 0.777. The van der Waals surface area contributed by atoms with Crippen LogP contribution >= 0.6 is 12.2 Å². The zero-order chi connectivity index (χ0) is 9.14. The first-order valence-corrected chi connectivity index (χ1v) is 4.40. The Hall–Kier alpha value is -0.840. The molecule has 1 rings (SSSR count). The van der Waals surface area contributed by atoms with E-state index in [9.17, 15) is 0 Å². The Morgan fingerprint density at radius 2 is 2.33 bits per heavy atom. The van der Waals surface area contributed by atoms with Crippen molar-refractivity contribution in [2.45, 2.75) is 13.3 Å². The van der Waals surface area contributed by atoms with Crippen molar-refractivity contribution >= 4 is 18.2 Å². The van der Waals surface area contributed by atoms with Gasteiger partial charge in [0, 0.05) is 20.6 Å². The van der Waals surface area contributed by atoms with E-state index in [-0.39, 0.29) is 0 Å². The largest absolute Gasteiger partial charge is 0.344 e. The molecule has 0 saturated heterocycles. The minimum atomic E-state index is 0.660. The zero-order valence-electron chi connectivity index (χ0n) is 7.66. The number of H-pyrrole nitrogens is 1. The Morgan fingerprint density at radius 3 is 2.75 bits per heavy atom. The lowest BCUT2D eigenvalue weighted by atomic mass is 10.4. The van der Waals surface area contributed by atoms with Crippen molar-refractivity contribution in [3.8, 4) is 0 Å². The number of aromatic amines is 1. The minimum Gasteiger partial charge on any atom is -0.344 e. The van der Waals surface area contributed by atoms with Gasteiger partial charge in [-0.1, -0.05) is 6.92 Å². The number of rotatable bonds is 3. The predicted molar refractivity (Wildman–Crippen MR) is 52.0 cm³/mol. The third-order valence-electron chi connectivity index (χ3n) is 1.76. The summed E-state index contributed by atoms with van der Waals surface area (Å²) in [5.74, 6) is 0.891. The van der Waals surface area contributed by atoms with Gasteiger partial charge in [-0.15, -0.1) is 5.10 Å². The summed E-state index contributed by atoms with van der Waals surface area (Å²) in [5.41, 5.74) is 0. The van der Waals surface area contributed by atoms with Gasteiger partial charge < -0.3 is 4.90 Å². The van der Waals surface area contributed by atoms with Gasteiger partial charge in [0.1, 0.15) is 0 Å². The molecule has 0 saturated carbocycles. The molecule has 5 heteroatoms. The van der Waals surface area contributed by atoms with Gasteiger partial charge in [-0.2, -0.15) is 0 Å². The molecule has 1 aromatic heterocycles. The molecule has 0 radical (unpaired) electrons. The summed E-state index contributed by atoms with van der Waals surface area (Å²) in [6.45, 7) is 3.13. The third kappa shape index (κ3) is 1.66. The Balaban J connectivity index is 2.87. The highest BCUT2D eigenvalue weighted by molar-refractivity contribution is 7.71. The van der Waals surface area contributed by atoms with Crippen LogP contribution < -0.4 is 4.90 Å². The number of anilines is 1. The van der Waals surface area contributed by atoms with Crippen molar-refractivity contribution in [2.75, 3.05) is 18.5 Å². The summed E-state index contributed by atoms with van der Waals surface area (Å²) in [7, 11) is 3.92. The standard InChI is InChI=1S/C7H14N4S/c1-4-5-10(2)6-8-9-7(12)11(6)3/h4-5H2,1-3H3,(H,9,12). The maximum atomic E-state index is 5.00. The third-order valence-corrected chi connectivity index (χ3v) is 2.12. The molecule has 0 aliphatic carbocycles. The second kappa shape index (κ2) is 3.71. The van der Waals surface area contributed by atoms with E-state index >= 15 is 0 Å². The van der Waals surface area contributed by atoms with Crippen LogP contribution in [0.4, 0.5) is 5.95 Å². The van der Waals surface area contributed by atoms with E-state index in [0.29, 0.717) is 4.77 Å². The van der Waals surface area contributed by atoms with Gasteiger partial charge >= 0.3 is 0 Å². The molecule has 0 fully saturated rings. The highest BCUT2D eigenvalue weighted by Crippen LogP contribution is 2.06. The SMILES string of the molecule is CCCN(C)c1n[nH]c(=S)n1C. The van der Waals surface area contributed by atoms with Crippen LogP contribution in [0.2, 0.25) is 0 Å². The van der Waals surface area contributed by atoms with Crippen LogP contribution in [0.5, 0.6) is 0 Å². The summed E-state index contributed by atoms with van der Waals surface area (Å²) < 4.78 is 2.53. The Bertz CT molecular complexity index is 301. The number of nitrogens with zero attached hydrogens (tertiary/aromatic N) is 3. The molecule has 4 nitrogen and oxygen atoms in total. The molecule has 0 aliphatic rings. The summed E-state index contributed by atoms with van der Waals surface area (Å²) in [6.07, 6.45) is 1.11. The smallest absolute Gasteiger partial charge is 0.225 e. The first-order valence-electron chi connectivity index (χ1n) is 3.99. The van der Waals surface area contributed by atoms with Crippen LogP contribution in [0, 0.1) is 4.77 Å². The van der Waals surface area contributed by atoms with Crippen LogP contribution in [-0.2, 0) is 7.05 Å². The zero-order valence-corrected chi connectivity index (χ0v) is 8.48. The molecule has 1 heterocycles. The second-order valence-corrected chi connectivity index (χ2v) is 3.20. The van der Waals surface area contributed by atoms with Crippen LogP contribution in [0.3, 0.4) is 0 Å². The first kappa shape index (κ1) is 9.25.